The van der Waals surface area contributed by atoms with Crippen molar-refractivity contribution in [3.63, 3.8) is 0 Å². The maximum absolute atomic E-state index is 13.3. The molecule has 1 aromatic carbocycles. The van der Waals surface area contributed by atoms with Crippen LogP contribution in [0.3, 0.4) is 0 Å². The lowest BCUT2D eigenvalue weighted by Crippen LogP contribution is -2.37. The molecule has 1 atom stereocenters. The highest BCUT2D eigenvalue weighted by Gasteiger charge is 2.31. The Morgan fingerprint density at radius 1 is 1.36 bits per heavy atom. The number of sulfonamides is 1. The van der Waals surface area contributed by atoms with Crippen molar-refractivity contribution in [2.45, 2.75) is 30.4 Å². The van der Waals surface area contributed by atoms with E-state index in [9.17, 15) is 13.7 Å². The number of thiophene rings is 1. The molecule has 5 nitrogen and oxygen atoms in total. The number of hydrogen-bond acceptors (Lipinski definition) is 5. The van der Waals surface area contributed by atoms with Crippen LogP contribution in [-0.4, -0.2) is 32.0 Å². The van der Waals surface area contributed by atoms with Gasteiger partial charge >= 0.3 is 0 Å². The number of nitriles is 1. The first-order chi connectivity index (χ1) is 12.0. The van der Waals surface area contributed by atoms with Gasteiger partial charge in [-0.3, -0.25) is 0 Å². The lowest BCUT2D eigenvalue weighted by Gasteiger charge is -2.25. The van der Waals surface area contributed by atoms with Gasteiger partial charge in [-0.15, -0.1) is 11.3 Å². The van der Waals surface area contributed by atoms with Gasteiger partial charge in [0.05, 0.1) is 11.7 Å². The largest absolute Gasteiger partial charge is 0.377 e. The van der Waals surface area contributed by atoms with Gasteiger partial charge in [0.15, 0.2) is 0 Å². The Balaban J connectivity index is 1.98. The average Bonchev–Trinajstić information content (AvgIpc) is 3.27. The monoisotopic (exact) mass is 440 g/mol. The SMILES string of the molecule is N#Cc1c(Br)cccc1S(=O)(=O)N(Cc1cccs1)C[C@H]1CCCO1. The van der Waals surface area contributed by atoms with Crippen molar-refractivity contribution in [3.05, 3.63) is 50.6 Å². The van der Waals surface area contributed by atoms with Gasteiger partial charge in [0.1, 0.15) is 11.0 Å². The molecule has 2 aromatic rings. The Morgan fingerprint density at radius 2 is 2.20 bits per heavy atom. The Hall–Kier alpha value is -1.24. The maximum Gasteiger partial charge on any atom is 0.244 e. The van der Waals surface area contributed by atoms with E-state index >= 15 is 0 Å². The minimum atomic E-state index is -3.82. The summed E-state index contributed by atoms with van der Waals surface area (Å²) in [5.74, 6) is 0. The number of benzene rings is 1. The van der Waals surface area contributed by atoms with E-state index in [1.54, 1.807) is 12.1 Å². The second-order valence-electron chi connectivity index (χ2n) is 5.74. The summed E-state index contributed by atoms with van der Waals surface area (Å²) in [7, 11) is -3.82. The van der Waals surface area contributed by atoms with E-state index in [-0.39, 0.29) is 29.7 Å². The predicted octanol–water partition coefficient (Wildman–Crippen LogP) is 3.75. The molecule has 0 unspecified atom stereocenters. The van der Waals surface area contributed by atoms with E-state index in [4.69, 9.17) is 4.74 Å². The first-order valence-corrected chi connectivity index (χ1v) is 11.0. The van der Waals surface area contributed by atoms with Crippen molar-refractivity contribution in [1.29, 1.82) is 5.26 Å². The molecule has 1 saturated heterocycles. The third-order valence-electron chi connectivity index (χ3n) is 4.05. The first-order valence-electron chi connectivity index (χ1n) is 7.85. The van der Waals surface area contributed by atoms with Crippen LogP contribution < -0.4 is 0 Å². The molecule has 0 amide bonds. The number of hydrogen-bond donors (Lipinski definition) is 0. The average molecular weight is 441 g/mol. The summed E-state index contributed by atoms with van der Waals surface area (Å²) in [5, 5.41) is 11.3. The molecule has 0 bridgehead atoms. The molecule has 8 heteroatoms. The van der Waals surface area contributed by atoms with Crippen LogP contribution in [0.5, 0.6) is 0 Å². The topological polar surface area (TPSA) is 70.4 Å². The van der Waals surface area contributed by atoms with Crippen molar-refractivity contribution >= 4 is 37.3 Å². The summed E-state index contributed by atoms with van der Waals surface area (Å²) >= 11 is 4.78. The quantitative estimate of drug-likeness (QED) is 0.685. The molecule has 1 fully saturated rings. The molecular weight excluding hydrogens is 424 g/mol. The summed E-state index contributed by atoms with van der Waals surface area (Å²) in [5.41, 5.74) is 0.131. The zero-order valence-electron chi connectivity index (χ0n) is 13.4. The number of nitrogens with zero attached hydrogens (tertiary/aromatic N) is 2. The summed E-state index contributed by atoms with van der Waals surface area (Å²) in [6.45, 7) is 1.23. The second-order valence-corrected chi connectivity index (χ2v) is 9.53. The molecule has 1 aliphatic heterocycles. The fourth-order valence-corrected chi connectivity index (χ4v) is 5.81. The van der Waals surface area contributed by atoms with E-state index in [0.717, 1.165) is 17.7 Å². The predicted molar refractivity (Wildman–Crippen MR) is 99.7 cm³/mol. The minimum absolute atomic E-state index is 0.0268. The van der Waals surface area contributed by atoms with E-state index in [1.807, 2.05) is 23.6 Å². The van der Waals surface area contributed by atoms with Crippen molar-refractivity contribution in [3.8, 4) is 6.07 Å². The molecule has 1 aromatic heterocycles. The maximum atomic E-state index is 13.3. The van der Waals surface area contributed by atoms with Gasteiger partial charge in [-0.25, -0.2) is 8.42 Å². The highest BCUT2D eigenvalue weighted by Crippen LogP contribution is 2.29. The van der Waals surface area contributed by atoms with Gasteiger partial charge in [0.2, 0.25) is 10.0 Å². The Morgan fingerprint density at radius 3 is 2.84 bits per heavy atom. The highest BCUT2D eigenvalue weighted by atomic mass is 79.9. The van der Waals surface area contributed by atoms with Crippen LogP contribution >= 0.6 is 27.3 Å². The Bertz CT molecular complexity index is 870. The van der Waals surface area contributed by atoms with Crippen LogP contribution in [0.4, 0.5) is 0 Å². The van der Waals surface area contributed by atoms with Crippen molar-refractivity contribution in [2.24, 2.45) is 0 Å². The van der Waals surface area contributed by atoms with Crippen LogP contribution in [-0.2, 0) is 21.3 Å². The van der Waals surface area contributed by atoms with E-state index in [0.29, 0.717) is 11.1 Å². The zero-order chi connectivity index (χ0) is 17.9. The molecule has 0 saturated carbocycles. The third-order valence-corrected chi connectivity index (χ3v) is 7.42. The lowest BCUT2D eigenvalue weighted by atomic mass is 10.2. The van der Waals surface area contributed by atoms with E-state index in [1.165, 1.54) is 21.7 Å². The second kappa shape index (κ2) is 7.98. The van der Waals surface area contributed by atoms with Gasteiger partial charge in [0.25, 0.3) is 0 Å². The standard InChI is InChI=1S/C17H17BrN2O3S2/c18-16-6-1-7-17(15(16)10-19)25(21,22)20(11-13-4-2-8-23-13)12-14-5-3-9-24-14/h1,3,5-7,9,13H,2,4,8,11-12H2/t13-/m1/s1. The van der Waals surface area contributed by atoms with Gasteiger partial charge < -0.3 is 4.74 Å². The molecule has 0 radical (unpaired) electrons. The number of halogens is 1. The van der Waals surface area contributed by atoms with Gasteiger partial charge in [-0.1, -0.05) is 12.1 Å². The fourth-order valence-electron chi connectivity index (χ4n) is 2.81. The van der Waals surface area contributed by atoms with Crippen LogP contribution in [0.15, 0.2) is 45.1 Å². The smallest absolute Gasteiger partial charge is 0.244 e. The van der Waals surface area contributed by atoms with Crippen LogP contribution in [0.2, 0.25) is 0 Å². The highest BCUT2D eigenvalue weighted by molar-refractivity contribution is 9.10. The Kier molecular flexibility index (Phi) is 5.92. The van der Waals surface area contributed by atoms with E-state index in [2.05, 4.69) is 15.9 Å². The first kappa shape index (κ1) is 18.5. The molecular formula is C17H17BrN2O3S2. The third kappa shape index (κ3) is 4.13. The number of rotatable bonds is 6. The molecule has 25 heavy (non-hydrogen) atoms. The molecule has 3 rings (SSSR count). The Labute approximate surface area is 160 Å². The fraction of sp³-hybridized carbons (Fsp3) is 0.353. The molecule has 1 aliphatic rings. The van der Waals surface area contributed by atoms with Gasteiger partial charge in [-0.05, 0) is 52.4 Å². The van der Waals surface area contributed by atoms with Crippen LogP contribution in [0.25, 0.3) is 0 Å². The number of ether oxygens (including phenoxy) is 1. The summed E-state index contributed by atoms with van der Waals surface area (Å²) < 4.78 is 34.1. The molecule has 0 spiro atoms. The summed E-state index contributed by atoms with van der Waals surface area (Å²) in [6, 6.07) is 10.6. The summed E-state index contributed by atoms with van der Waals surface area (Å²) in [4.78, 5) is 0.981. The molecule has 0 aliphatic carbocycles. The summed E-state index contributed by atoms with van der Waals surface area (Å²) in [6.07, 6.45) is 1.69. The van der Waals surface area contributed by atoms with Gasteiger partial charge in [0, 0.05) is 29.0 Å². The van der Waals surface area contributed by atoms with E-state index < -0.39 is 10.0 Å². The van der Waals surface area contributed by atoms with Crippen molar-refractivity contribution < 1.29 is 13.2 Å². The van der Waals surface area contributed by atoms with Crippen LogP contribution in [0, 0.1) is 11.3 Å². The van der Waals surface area contributed by atoms with Crippen LogP contribution in [0.1, 0.15) is 23.3 Å². The lowest BCUT2D eigenvalue weighted by molar-refractivity contribution is 0.0927. The molecule has 0 N–H and O–H groups in total. The molecule has 2 heterocycles. The molecule has 132 valence electrons. The normalized spacial score (nSPS) is 17.7. The van der Waals surface area contributed by atoms with Gasteiger partial charge in [-0.2, -0.15) is 9.57 Å². The minimum Gasteiger partial charge on any atom is -0.377 e. The van der Waals surface area contributed by atoms with Crippen molar-refractivity contribution in [1.82, 2.24) is 4.31 Å². The van der Waals surface area contributed by atoms with Crippen molar-refractivity contribution in [2.75, 3.05) is 13.2 Å². The zero-order valence-corrected chi connectivity index (χ0v) is 16.6.